The van der Waals surface area contributed by atoms with Gasteiger partial charge in [-0.1, -0.05) is 29.8 Å². The zero-order chi connectivity index (χ0) is 17.1. The van der Waals surface area contributed by atoms with Gasteiger partial charge >= 0.3 is 6.03 Å². The van der Waals surface area contributed by atoms with E-state index in [0.29, 0.717) is 23.1 Å². The SMILES string of the molecule is CCOc1cccc(/C=C2\NC(=O)N(c3cccc(Cl)c3)C2=O)c1. The lowest BCUT2D eigenvalue weighted by molar-refractivity contribution is -0.113. The highest BCUT2D eigenvalue weighted by molar-refractivity contribution is 6.32. The van der Waals surface area contributed by atoms with Crippen LogP contribution in [0.3, 0.4) is 0 Å². The number of imide groups is 1. The first-order valence-electron chi connectivity index (χ1n) is 7.44. The van der Waals surface area contributed by atoms with Crippen LogP contribution >= 0.6 is 11.6 Å². The molecule has 6 heteroatoms. The minimum absolute atomic E-state index is 0.202. The molecular formula is C18H15ClN2O3. The van der Waals surface area contributed by atoms with Gasteiger partial charge in [0.2, 0.25) is 0 Å². The van der Waals surface area contributed by atoms with E-state index in [9.17, 15) is 9.59 Å². The molecule has 5 nitrogen and oxygen atoms in total. The minimum Gasteiger partial charge on any atom is -0.494 e. The molecule has 1 aliphatic rings. The fourth-order valence-electron chi connectivity index (χ4n) is 2.41. The van der Waals surface area contributed by atoms with Gasteiger partial charge in [0.05, 0.1) is 12.3 Å². The van der Waals surface area contributed by atoms with Gasteiger partial charge in [-0.25, -0.2) is 9.69 Å². The van der Waals surface area contributed by atoms with Crippen molar-refractivity contribution in [1.82, 2.24) is 5.32 Å². The first-order valence-corrected chi connectivity index (χ1v) is 7.82. The Bertz CT molecular complexity index is 833. The number of hydrogen-bond acceptors (Lipinski definition) is 3. The summed E-state index contributed by atoms with van der Waals surface area (Å²) in [6, 6.07) is 13.4. The summed E-state index contributed by atoms with van der Waals surface area (Å²) in [5.74, 6) is 0.277. The van der Waals surface area contributed by atoms with Crippen molar-refractivity contribution in [1.29, 1.82) is 0 Å². The van der Waals surface area contributed by atoms with Gasteiger partial charge in [0.25, 0.3) is 5.91 Å². The predicted molar refractivity (Wildman–Crippen MR) is 93.1 cm³/mol. The summed E-state index contributed by atoms with van der Waals surface area (Å²) < 4.78 is 5.44. The van der Waals surface area contributed by atoms with Gasteiger partial charge in [0, 0.05) is 5.02 Å². The minimum atomic E-state index is -0.505. The summed E-state index contributed by atoms with van der Waals surface area (Å²) in [6.07, 6.45) is 1.62. The third-order valence-corrected chi connectivity index (χ3v) is 3.66. The van der Waals surface area contributed by atoms with Gasteiger partial charge in [-0.2, -0.15) is 0 Å². The third kappa shape index (κ3) is 3.26. The first-order chi connectivity index (χ1) is 11.6. The molecule has 1 saturated heterocycles. The smallest absolute Gasteiger partial charge is 0.333 e. The zero-order valence-electron chi connectivity index (χ0n) is 13.0. The molecule has 1 fully saturated rings. The number of rotatable bonds is 4. The zero-order valence-corrected chi connectivity index (χ0v) is 13.7. The van der Waals surface area contributed by atoms with Crippen molar-refractivity contribution in [3.05, 3.63) is 64.8 Å². The van der Waals surface area contributed by atoms with Gasteiger partial charge in [-0.15, -0.1) is 0 Å². The number of carbonyl (C=O) groups is 2. The second-order valence-corrected chi connectivity index (χ2v) is 5.55. The van der Waals surface area contributed by atoms with E-state index < -0.39 is 11.9 Å². The highest BCUT2D eigenvalue weighted by Gasteiger charge is 2.34. The quantitative estimate of drug-likeness (QED) is 0.678. The van der Waals surface area contributed by atoms with E-state index in [1.54, 1.807) is 36.4 Å². The fourth-order valence-corrected chi connectivity index (χ4v) is 2.60. The number of nitrogens with zero attached hydrogens (tertiary/aromatic N) is 1. The van der Waals surface area contributed by atoms with Crippen LogP contribution in [0.5, 0.6) is 5.75 Å². The average molecular weight is 343 g/mol. The van der Waals surface area contributed by atoms with Crippen LogP contribution in [0.15, 0.2) is 54.2 Å². The van der Waals surface area contributed by atoms with Crippen molar-refractivity contribution in [3.8, 4) is 5.75 Å². The Morgan fingerprint density at radius 3 is 2.71 bits per heavy atom. The molecule has 0 aliphatic carbocycles. The number of carbonyl (C=O) groups excluding carboxylic acids is 2. The van der Waals surface area contributed by atoms with Crippen LogP contribution in [0, 0.1) is 0 Å². The van der Waals surface area contributed by atoms with E-state index in [-0.39, 0.29) is 5.70 Å². The van der Waals surface area contributed by atoms with Gasteiger partial charge in [0.15, 0.2) is 0 Å². The van der Waals surface area contributed by atoms with Crippen molar-refractivity contribution in [2.75, 3.05) is 11.5 Å². The number of nitrogens with one attached hydrogen (secondary N) is 1. The number of urea groups is 1. The van der Waals surface area contributed by atoms with Crippen LogP contribution < -0.4 is 15.0 Å². The van der Waals surface area contributed by atoms with Crippen molar-refractivity contribution in [2.24, 2.45) is 0 Å². The molecule has 2 aromatic carbocycles. The fraction of sp³-hybridized carbons (Fsp3) is 0.111. The van der Waals surface area contributed by atoms with Gasteiger partial charge in [0.1, 0.15) is 11.4 Å². The van der Waals surface area contributed by atoms with Crippen molar-refractivity contribution < 1.29 is 14.3 Å². The molecule has 1 N–H and O–H groups in total. The van der Waals surface area contributed by atoms with Crippen LogP contribution in [0.4, 0.5) is 10.5 Å². The first kappa shape index (κ1) is 16.1. The van der Waals surface area contributed by atoms with Crippen molar-refractivity contribution in [2.45, 2.75) is 6.92 Å². The average Bonchev–Trinajstić information content (AvgIpc) is 2.82. The Morgan fingerprint density at radius 2 is 1.96 bits per heavy atom. The predicted octanol–water partition coefficient (Wildman–Crippen LogP) is 3.84. The number of halogens is 1. The molecule has 2 aromatic rings. The van der Waals surface area contributed by atoms with Crippen molar-refractivity contribution in [3.63, 3.8) is 0 Å². The second-order valence-electron chi connectivity index (χ2n) is 5.11. The Kier molecular flexibility index (Phi) is 4.53. The lowest BCUT2D eigenvalue weighted by Crippen LogP contribution is -2.30. The van der Waals surface area contributed by atoms with Crippen LogP contribution in [0.2, 0.25) is 5.02 Å². The summed E-state index contributed by atoms with van der Waals surface area (Å²) in [6.45, 7) is 2.45. The van der Waals surface area contributed by atoms with Crippen molar-refractivity contribution >= 4 is 35.3 Å². The van der Waals surface area contributed by atoms with Gasteiger partial charge in [-0.05, 0) is 48.9 Å². The van der Waals surface area contributed by atoms with E-state index in [4.69, 9.17) is 16.3 Å². The lowest BCUT2D eigenvalue weighted by Gasteiger charge is -2.11. The Hall–Kier alpha value is -2.79. The molecule has 0 bridgehead atoms. The molecule has 0 atom stereocenters. The number of ether oxygens (including phenoxy) is 1. The molecule has 3 amide bonds. The molecule has 1 aliphatic heterocycles. The number of amides is 3. The van der Waals surface area contributed by atoms with Gasteiger partial charge in [-0.3, -0.25) is 4.79 Å². The standard InChI is InChI=1S/C18H15ClN2O3/c1-2-24-15-8-3-5-12(9-15)10-16-17(22)21(18(23)20-16)14-7-4-6-13(19)11-14/h3-11H,2H2,1H3,(H,20,23)/b16-10-. The van der Waals surface area contributed by atoms with E-state index >= 15 is 0 Å². The largest absolute Gasteiger partial charge is 0.494 e. The number of hydrogen-bond donors (Lipinski definition) is 1. The molecule has 0 saturated carbocycles. The van der Waals surface area contributed by atoms with E-state index in [0.717, 1.165) is 10.5 Å². The highest BCUT2D eigenvalue weighted by Crippen LogP contribution is 2.25. The summed E-state index contributed by atoms with van der Waals surface area (Å²) >= 11 is 5.93. The summed E-state index contributed by atoms with van der Waals surface area (Å²) in [4.78, 5) is 25.8. The maximum absolute atomic E-state index is 12.5. The van der Waals surface area contributed by atoms with Gasteiger partial charge < -0.3 is 10.1 Å². The highest BCUT2D eigenvalue weighted by atomic mass is 35.5. The molecule has 0 radical (unpaired) electrons. The maximum atomic E-state index is 12.5. The summed E-state index contributed by atoms with van der Waals surface area (Å²) in [5.41, 5.74) is 1.39. The molecule has 122 valence electrons. The molecule has 0 aromatic heterocycles. The summed E-state index contributed by atoms with van der Waals surface area (Å²) in [5, 5.41) is 3.04. The molecule has 24 heavy (non-hydrogen) atoms. The monoisotopic (exact) mass is 342 g/mol. The maximum Gasteiger partial charge on any atom is 0.333 e. The normalized spacial score (nSPS) is 15.8. The Balaban J connectivity index is 1.90. The van der Waals surface area contributed by atoms with Crippen LogP contribution in [0.1, 0.15) is 12.5 Å². The number of benzene rings is 2. The topological polar surface area (TPSA) is 58.6 Å². The van der Waals surface area contributed by atoms with Crippen LogP contribution in [0.25, 0.3) is 6.08 Å². The van der Waals surface area contributed by atoms with Crippen LogP contribution in [-0.2, 0) is 4.79 Å². The summed E-state index contributed by atoms with van der Waals surface area (Å²) in [7, 11) is 0. The second kappa shape index (κ2) is 6.76. The Labute approximate surface area is 144 Å². The number of anilines is 1. The van der Waals surface area contributed by atoms with E-state index in [1.807, 2.05) is 25.1 Å². The van der Waals surface area contributed by atoms with E-state index in [1.165, 1.54) is 0 Å². The molecular weight excluding hydrogens is 328 g/mol. The molecule has 1 heterocycles. The molecule has 0 spiro atoms. The molecule has 0 unspecified atom stereocenters. The van der Waals surface area contributed by atoms with E-state index in [2.05, 4.69) is 5.32 Å². The van der Waals surface area contributed by atoms with Crippen LogP contribution in [-0.4, -0.2) is 18.5 Å². The Morgan fingerprint density at radius 1 is 1.17 bits per heavy atom. The third-order valence-electron chi connectivity index (χ3n) is 3.42. The molecule has 3 rings (SSSR count). The lowest BCUT2D eigenvalue weighted by atomic mass is 10.2.